The van der Waals surface area contributed by atoms with Gasteiger partial charge in [0.1, 0.15) is 16.6 Å². The molecule has 1 aromatic heterocycles. The smallest absolute Gasteiger partial charge is 0.136 e. The zero-order valence-electron chi connectivity index (χ0n) is 13.3. The molecule has 1 heterocycles. The van der Waals surface area contributed by atoms with Crippen LogP contribution in [0.3, 0.4) is 0 Å². The van der Waals surface area contributed by atoms with Crippen molar-refractivity contribution in [3.8, 4) is 17.3 Å². The molecule has 0 radical (unpaired) electrons. The summed E-state index contributed by atoms with van der Waals surface area (Å²) in [7, 11) is 0. The van der Waals surface area contributed by atoms with E-state index in [0.717, 1.165) is 11.3 Å². The van der Waals surface area contributed by atoms with Gasteiger partial charge in [-0.25, -0.2) is 4.98 Å². The highest BCUT2D eigenvalue weighted by atomic mass is 35.5. The van der Waals surface area contributed by atoms with E-state index in [1.807, 2.05) is 36.6 Å². The van der Waals surface area contributed by atoms with Crippen LogP contribution < -0.4 is 5.32 Å². The van der Waals surface area contributed by atoms with Crippen LogP contribution in [0, 0.1) is 18.3 Å². The number of thiazole rings is 1. The largest absolute Gasteiger partial charge is 0.360 e. The van der Waals surface area contributed by atoms with Gasteiger partial charge in [-0.15, -0.1) is 11.3 Å². The molecule has 1 N–H and O–H groups in total. The van der Waals surface area contributed by atoms with Gasteiger partial charge in [0.2, 0.25) is 0 Å². The van der Waals surface area contributed by atoms with Crippen LogP contribution in [-0.4, -0.2) is 4.98 Å². The molecule has 0 atom stereocenters. The van der Waals surface area contributed by atoms with E-state index in [1.165, 1.54) is 16.9 Å². The monoisotopic (exact) mass is 385 g/mol. The average Bonchev–Trinajstić information content (AvgIpc) is 3.05. The number of hydrogen-bond donors (Lipinski definition) is 1. The zero-order valence-corrected chi connectivity index (χ0v) is 15.6. The summed E-state index contributed by atoms with van der Waals surface area (Å²) >= 11 is 13.4. The van der Waals surface area contributed by atoms with E-state index in [4.69, 9.17) is 23.2 Å². The predicted molar refractivity (Wildman–Crippen MR) is 106 cm³/mol. The molecule has 0 saturated heterocycles. The van der Waals surface area contributed by atoms with E-state index in [1.54, 1.807) is 24.4 Å². The zero-order chi connectivity index (χ0) is 17.8. The molecule has 6 heteroatoms. The number of rotatable bonds is 4. The Morgan fingerprint density at radius 3 is 2.48 bits per heavy atom. The molecular formula is C19H13Cl2N3S. The van der Waals surface area contributed by atoms with Gasteiger partial charge in [0.25, 0.3) is 0 Å². The molecule has 0 bridgehead atoms. The minimum atomic E-state index is 0.444. The summed E-state index contributed by atoms with van der Waals surface area (Å²) in [5, 5.41) is 16.1. The quantitative estimate of drug-likeness (QED) is 0.528. The number of anilines is 1. The first kappa shape index (κ1) is 17.5. The Labute approximate surface area is 160 Å². The van der Waals surface area contributed by atoms with Crippen LogP contribution >= 0.6 is 34.5 Å². The molecule has 3 rings (SSSR count). The Hall–Kier alpha value is -2.32. The number of nitrogens with zero attached hydrogens (tertiary/aromatic N) is 2. The SMILES string of the molecule is Cc1ccc(-c2csc(/C(C#N)=C/Nc3cc(Cl)cc(Cl)c3)n2)cc1. The molecule has 0 amide bonds. The Bertz CT molecular complexity index is 949. The normalized spacial score (nSPS) is 11.2. The molecule has 3 aromatic rings. The standard InChI is InChI=1S/C19H13Cl2N3S/c1-12-2-4-13(5-3-12)18-11-25-19(24-18)14(9-22)10-23-17-7-15(20)6-16(21)8-17/h2-8,10-11,23H,1H3/b14-10+. The fraction of sp³-hybridized carbons (Fsp3) is 0.0526. The maximum Gasteiger partial charge on any atom is 0.136 e. The molecule has 2 aromatic carbocycles. The predicted octanol–water partition coefficient (Wildman–Crippen LogP) is 6.40. The van der Waals surface area contributed by atoms with Crippen LogP contribution in [0.4, 0.5) is 5.69 Å². The number of allylic oxidation sites excluding steroid dienone is 1. The second-order valence-corrected chi connectivity index (χ2v) is 7.11. The summed E-state index contributed by atoms with van der Waals surface area (Å²) in [4.78, 5) is 4.56. The molecule has 0 spiro atoms. The van der Waals surface area contributed by atoms with E-state index in [-0.39, 0.29) is 0 Å². The summed E-state index contributed by atoms with van der Waals surface area (Å²) in [6, 6.07) is 15.4. The van der Waals surface area contributed by atoms with Gasteiger partial charge in [0.05, 0.1) is 5.69 Å². The lowest BCUT2D eigenvalue weighted by Crippen LogP contribution is -1.91. The molecule has 124 valence electrons. The third kappa shape index (κ3) is 4.40. The van der Waals surface area contributed by atoms with Crippen LogP contribution in [0.15, 0.2) is 54.0 Å². The Balaban J connectivity index is 1.84. The summed E-state index contributed by atoms with van der Waals surface area (Å²) in [6.45, 7) is 2.04. The van der Waals surface area contributed by atoms with Crippen molar-refractivity contribution >= 4 is 45.8 Å². The Kier molecular flexibility index (Phi) is 5.40. The number of hydrogen-bond acceptors (Lipinski definition) is 4. The molecule has 3 nitrogen and oxygen atoms in total. The van der Waals surface area contributed by atoms with Gasteiger partial charge in [-0.05, 0) is 25.1 Å². The number of nitrogens with one attached hydrogen (secondary N) is 1. The van der Waals surface area contributed by atoms with Crippen molar-refractivity contribution in [2.75, 3.05) is 5.32 Å². The van der Waals surface area contributed by atoms with Crippen molar-refractivity contribution in [3.05, 3.63) is 74.7 Å². The number of aromatic nitrogens is 1. The minimum absolute atomic E-state index is 0.444. The van der Waals surface area contributed by atoms with Crippen molar-refractivity contribution in [3.63, 3.8) is 0 Å². The topological polar surface area (TPSA) is 48.7 Å². The first-order valence-electron chi connectivity index (χ1n) is 7.41. The molecule has 0 aliphatic carbocycles. The Morgan fingerprint density at radius 1 is 1.16 bits per heavy atom. The lowest BCUT2D eigenvalue weighted by molar-refractivity contribution is 1.36. The second-order valence-electron chi connectivity index (χ2n) is 5.38. The third-order valence-electron chi connectivity index (χ3n) is 3.45. The number of benzene rings is 2. The first-order valence-corrected chi connectivity index (χ1v) is 9.04. The maximum atomic E-state index is 9.44. The van der Waals surface area contributed by atoms with Crippen molar-refractivity contribution in [1.82, 2.24) is 4.98 Å². The Morgan fingerprint density at radius 2 is 1.84 bits per heavy atom. The second kappa shape index (κ2) is 7.71. The van der Waals surface area contributed by atoms with Gasteiger partial charge in [-0.1, -0.05) is 53.0 Å². The van der Waals surface area contributed by atoms with Gasteiger partial charge >= 0.3 is 0 Å². The summed E-state index contributed by atoms with van der Waals surface area (Å²) < 4.78 is 0. The average molecular weight is 386 g/mol. The van der Waals surface area contributed by atoms with Gasteiger partial charge in [0.15, 0.2) is 0 Å². The maximum absolute atomic E-state index is 9.44. The summed E-state index contributed by atoms with van der Waals surface area (Å²) in [6.07, 6.45) is 1.61. The van der Waals surface area contributed by atoms with Gasteiger partial charge in [0, 0.05) is 32.9 Å². The van der Waals surface area contributed by atoms with E-state index in [2.05, 4.69) is 16.4 Å². The van der Waals surface area contributed by atoms with Crippen molar-refractivity contribution in [2.45, 2.75) is 6.92 Å². The molecule has 0 aliphatic rings. The molecule has 0 saturated carbocycles. The third-order valence-corrected chi connectivity index (χ3v) is 4.76. The van der Waals surface area contributed by atoms with Crippen LogP contribution in [0.25, 0.3) is 16.8 Å². The summed E-state index contributed by atoms with van der Waals surface area (Å²) in [5.74, 6) is 0. The molecule has 25 heavy (non-hydrogen) atoms. The fourth-order valence-electron chi connectivity index (χ4n) is 2.19. The fourth-order valence-corrected chi connectivity index (χ4v) is 3.51. The van der Waals surface area contributed by atoms with Crippen LogP contribution in [-0.2, 0) is 0 Å². The van der Waals surface area contributed by atoms with Crippen molar-refractivity contribution < 1.29 is 0 Å². The van der Waals surface area contributed by atoms with Crippen LogP contribution in [0.2, 0.25) is 10.0 Å². The number of aryl methyl sites for hydroxylation is 1. The van der Waals surface area contributed by atoms with Crippen molar-refractivity contribution in [2.24, 2.45) is 0 Å². The van der Waals surface area contributed by atoms with Crippen LogP contribution in [0.5, 0.6) is 0 Å². The highest BCUT2D eigenvalue weighted by Gasteiger charge is 2.09. The van der Waals surface area contributed by atoms with Gasteiger partial charge in [-0.2, -0.15) is 5.26 Å². The molecular weight excluding hydrogens is 373 g/mol. The van der Waals surface area contributed by atoms with Gasteiger partial charge < -0.3 is 5.32 Å². The lowest BCUT2D eigenvalue weighted by atomic mass is 10.1. The van der Waals surface area contributed by atoms with E-state index in [9.17, 15) is 5.26 Å². The highest BCUT2D eigenvalue weighted by Crippen LogP contribution is 2.27. The number of nitriles is 1. The molecule has 0 unspecified atom stereocenters. The van der Waals surface area contributed by atoms with E-state index >= 15 is 0 Å². The highest BCUT2D eigenvalue weighted by molar-refractivity contribution is 7.11. The van der Waals surface area contributed by atoms with Crippen LogP contribution in [0.1, 0.15) is 10.6 Å². The minimum Gasteiger partial charge on any atom is -0.360 e. The molecule has 0 aliphatic heterocycles. The van der Waals surface area contributed by atoms with E-state index < -0.39 is 0 Å². The van der Waals surface area contributed by atoms with E-state index in [0.29, 0.717) is 26.3 Å². The first-order chi connectivity index (χ1) is 12.0. The summed E-state index contributed by atoms with van der Waals surface area (Å²) in [5.41, 5.74) is 4.23. The van der Waals surface area contributed by atoms with Gasteiger partial charge in [-0.3, -0.25) is 0 Å². The number of halogens is 2. The van der Waals surface area contributed by atoms with Crippen molar-refractivity contribution in [1.29, 1.82) is 5.26 Å². The molecule has 0 fully saturated rings. The lowest BCUT2D eigenvalue weighted by Gasteiger charge is -2.03.